The van der Waals surface area contributed by atoms with E-state index in [1.165, 1.54) is 5.56 Å². The van der Waals surface area contributed by atoms with Crippen molar-refractivity contribution in [1.29, 1.82) is 0 Å². The molecule has 1 amide bonds. The van der Waals surface area contributed by atoms with Crippen molar-refractivity contribution in [3.8, 4) is 0 Å². The largest absolute Gasteiger partial charge is 0.353 e. The van der Waals surface area contributed by atoms with Crippen LogP contribution in [0.3, 0.4) is 0 Å². The van der Waals surface area contributed by atoms with E-state index in [1.54, 1.807) is 18.1 Å². The molecule has 1 aromatic carbocycles. The zero-order valence-corrected chi connectivity index (χ0v) is 12.8. The second-order valence-corrected chi connectivity index (χ2v) is 6.28. The molecule has 1 N–H and O–H groups in total. The Balaban J connectivity index is 1.60. The van der Waals surface area contributed by atoms with Gasteiger partial charge < -0.3 is 9.88 Å². The minimum Gasteiger partial charge on any atom is -0.353 e. The van der Waals surface area contributed by atoms with E-state index in [4.69, 9.17) is 0 Å². The molecule has 0 bridgehead atoms. The van der Waals surface area contributed by atoms with Crippen LogP contribution in [-0.4, -0.2) is 33.0 Å². The summed E-state index contributed by atoms with van der Waals surface area (Å²) < 4.78 is 1.93. The maximum absolute atomic E-state index is 12.4. The van der Waals surface area contributed by atoms with Gasteiger partial charge in [0.2, 0.25) is 5.91 Å². The van der Waals surface area contributed by atoms with E-state index < -0.39 is 0 Å². The Morgan fingerprint density at radius 3 is 3.14 bits per heavy atom. The average molecular weight is 302 g/mol. The van der Waals surface area contributed by atoms with Gasteiger partial charge in [-0.25, -0.2) is 0 Å². The Morgan fingerprint density at radius 1 is 1.48 bits per heavy atom. The SMILES string of the molecule is Cc1nncn1CCNC(=O)[C@@H]1SCCc2ccccc21. The summed E-state index contributed by atoms with van der Waals surface area (Å²) in [4.78, 5) is 12.4. The van der Waals surface area contributed by atoms with Gasteiger partial charge >= 0.3 is 0 Å². The Kier molecular flexibility index (Phi) is 4.24. The zero-order valence-electron chi connectivity index (χ0n) is 12.0. The monoisotopic (exact) mass is 302 g/mol. The Bertz CT molecular complexity index is 640. The summed E-state index contributed by atoms with van der Waals surface area (Å²) in [7, 11) is 0. The summed E-state index contributed by atoms with van der Waals surface area (Å²) in [5.41, 5.74) is 2.46. The number of hydrogen-bond acceptors (Lipinski definition) is 4. The van der Waals surface area contributed by atoms with E-state index in [0.717, 1.165) is 23.6 Å². The smallest absolute Gasteiger partial charge is 0.237 e. The molecule has 0 saturated heterocycles. The second-order valence-electron chi connectivity index (χ2n) is 5.06. The third kappa shape index (κ3) is 3.10. The molecule has 6 heteroatoms. The van der Waals surface area contributed by atoms with Crippen molar-refractivity contribution in [2.75, 3.05) is 12.3 Å². The van der Waals surface area contributed by atoms with Crippen molar-refractivity contribution >= 4 is 17.7 Å². The number of carbonyl (C=O) groups excluding carboxylic acids is 1. The molecule has 1 atom stereocenters. The first kappa shape index (κ1) is 14.1. The average Bonchev–Trinajstić information content (AvgIpc) is 2.92. The number of nitrogens with zero attached hydrogens (tertiary/aromatic N) is 3. The molecule has 0 aliphatic carbocycles. The molecular formula is C15H18N4OS. The molecule has 0 spiro atoms. The maximum Gasteiger partial charge on any atom is 0.237 e. The summed E-state index contributed by atoms with van der Waals surface area (Å²) in [6.07, 6.45) is 2.73. The summed E-state index contributed by atoms with van der Waals surface area (Å²) in [6, 6.07) is 8.23. The van der Waals surface area contributed by atoms with Crippen LogP contribution < -0.4 is 5.32 Å². The highest BCUT2D eigenvalue weighted by molar-refractivity contribution is 8.00. The molecule has 1 aliphatic heterocycles. The van der Waals surface area contributed by atoms with Crippen LogP contribution in [0.4, 0.5) is 0 Å². The van der Waals surface area contributed by atoms with Crippen molar-refractivity contribution in [1.82, 2.24) is 20.1 Å². The number of fused-ring (bicyclic) bond motifs is 1. The van der Waals surface area contributed by atoms with E-state index >= 15 is 0 Å². The van der Waals surface area contributed by atoms with Crippen molar-refractivity contribution in [2.24, 2.45) is 0 Å². The topological polar surface area (TPSA) is 59.8 Å². The predicted molar refractivity (Wildman–Crippen MR) is 83.1 cm³/mol. The van der Waals surface area contributed by atoms with E-state index in [1.807, 2.05) is 23.6 Å². The number of amides is 1. The van der Waals surface area contributed by atoms with E-state index in [2.05, 4.69) is 27.6 Å². The second kappa shape index (κ2) is 6.30. The highest BCUT2D eigenvalue weighted by atomic mass is 32.2. The number of nitrogens with one attached hydrogen (secondary N) is 1. The standard InChI is InChI=1S/C15H18N4OS/c1-11-18-17-10-19(11)8-7-16-15(20)14-13-5-3-2-4-12(13)6-9-21-14/h2-5,10,14H,6-9H2,1H3,(H,16,20)/t14-/m1/s1. The van der Waals surface area contributed by atoms with E-state index in [0.29, 0.717) is 13.1 Å². The summed E-state index contributed by atoms with van der Waals surface area (Å²) in [5, 5.41) is 10.7. The number of rotatable bonds is 4. The molecule has 5 nitrogen and oxygen atoms in total. The fraction of sp³-hybridized carbons (Fsp3) is 0.400. The molecule has 2 aromatic rings. The van der Waals surface area contributed by atoms with Gasteiger partial charge in [-0.2, -0.15) is 0 Å². The molecular weight excluding hydrogens is 284 g/mol. The van der Waals surface area contributed by atoms with E-state index in [-0.39, 0.29) is 11.2 Å². The Labute approximate surface area is 128 Å². The van der Waals surface area contributed by atoms with Crippen LogP contribution >= 0.6 is 11.8 Å². The van der Waals surface area contributed by atoms with Crippen molar-refractivity contribution < 1.29 is 4.79 Å². The zero-order chi connectivity index (χ0) is 14.7. The number of benzene rings is 1. The Hall–Kier alpha value is -1.82. The van der Waals surface area contributed by atoms with Gasteiger partial charge in [0.15, 0.2) is 0 Å². The first-order valence-corrected chi connectivity index (χ1v) is 8.12. The van der Waals surface area contributed by atoms with E-state index in [9.17, 15) is 4.79 Å². The summed E-state index contributed by atoms with van der Waals surface area (Å²) in [5.74, 6) is 1.96. The molecule has 21 heavy (non-hydrogen) atoms. The van der Waals surface area contributed by atoms with Crippen LogP contribution in [0, 0.1) is 6.92 Å². The number of hydrogen-bond donors (Lipinski definition) is 1. The lowest BCUT2D eigenvalue weighted by Gasteiger charge is -2.24. The van der Waals surface area contributed by atoms with Gasteiger partial charge in [0, 0.05) is 13.1 Å². The molecule has 3 rings (SSSR count). The molecule has 0 radical (unpaired) electrons. The highest BCUT2D eigenvalue weighted by Gasteiger charge is 2.26. The fourth-order valence-electron chi connectivity index (χ4n) is 2.54. The van der Waals surface area contributed by atoms with Gasteiger partial charge in [0.05, 0.1) is 0 Å². The molecule has 0 unspecified atom stereocenters. The quantitative estimate of drug-likeness (QED) is 0.934. The maximum atomic E-state index is 12.4. The molecule has 0 fully saturated rings. The Morgan fingerprint density at radius 2 is 2.33 bits per heavy atom. The van der Waals surface area contributed by atoms with Crippen LogP contribution in [0.1, 0.15) is 22.2 Å². The molecule has 1 aromatic heterocycles. The molecule has 2 heterocycles. The molecule has 1 aliphatic rings. The van der Waals surface area contributed by atoms with Gasteiger partial charge in [-0.1, -0.05) is 24.3 Å². The van der Waals surface area contributed by atoms with Crippen molar-refractivity contribution in [3.63, 3.8) is 0 Å². The first-order valence-electron chi connectivity index (χ1n) is 7.07. The van der Waals surface area contributed by atoms with Gasteiger partial charge in [0.1, 0.15) is 17.4 Å². The third-order valence-corrected chi connectivity index (χ3v) is 4.93. The van der Waals surface area contributed by atoms with Crippen LogP contribution in [0.15, 0.2) is 30.6 Å². The minimum absolute atomic E-state index is 0.0861. The molecule has 110 valence electrons. The fourth-order valence-corrected chi connectivity index (χ4v) is 3.75. The van der Waals surface area contributed by atoms with Crippen LogP contribution in [0.25, 0.3) is 0 Å². The lowest BCUT2D eigenvalue weighted by atomic mass is 10.0. The summed E-state index contributed by atoms with van der Waals surface area (Å²) >= 11 is 1.72. The number of thioether (sulfide) groups is 1. The van der Waals surface area contributed by atoms with Crippen LogP contribution in [0.5, 0.6) is 0 Å². The van der Waals surface area contributed by atoms with Gasteiger partial charge in [-0.15, -0.1) is 22.0 Å². The number of carbonyl (C=O) groups is 1. The third-order valence-electron chi connectivity index (χ3n) is 3.69. The predicted octanol–water partition coefficient (Wildman–Crippen LogP) is 1.73. The van der Waals surface area contributed by atoms with Crippen molar-refractivity contribution in [2.45, 2.75) is 25.1 Å². The van der Waals surface area contributed by atoms with Gasteiger partial charge in [-0.3, -0.25) is 4.79 Å². The molecule has 0 saturated carbocycles. The van der Waals surface area contributed by atoms with Crippen molar-refractivity contribution in [3.05, 3.63) is 47.5 Å². The van der Waals surface area contributed by atoms with Crippen LogP contribution in [0.2, 0.25) is 0 Å². The number of aryl methyl sites for hydroxylation is 2. The van der Waals surface area contributed by atoms with Gasteiger partial charge in [-0.05, 0) is 30.2 Å². The minimum atomic E-state index is -0.0861. The first-order chi connectivity index (χ1) is 10.3. The summed E-state index contributed by atoms with van der Waals surface area (Å²) in [6.45, 7) is 3.20. The normalized spacial score (nSPS) is 17.3. The number of aromatic nitrogens is 3. The lowest BCUT2D eigenvalue weighted by Crippen LogP contribution is -2.32. The van der Waals surface area contributed by atoms with Gasteiger partial charge in [0.25, 0.3) is 0 Å². The lowest BCUT2D eigenvalue weighted by molar-refractivity contribution is -0.120. The highest BCUT2D eigenvalue weighted by Crippen LogP contribution is 2.36. The van der Waals surface area contributed by atoms with Crippen LogP contribution in [-0.2, 0) is 17.8 Å².